The summed E-state index contributed by atoms with van der Waals surface area (Å²) in [5.74, 6) is -0.367. The fraction of sp³-hybridized carbons (Fsp3) is 0.222. The van der Waals surface area contributed by atoms with Crippen molar-refractivity contribution in [2.24, 2.45) is 0 Å². The Kier molecular flexibility index (Phi) is 4.31. The van der Waals surface area contributed by atoms with Crippen molar-refractivity contribution in [1.29, 1.82) is 0 Å². The lowest BCUT2D eigenvalue weighted by Gasteiger charge is -1.99. The molecule has 70 valence electrons. The van der Waals surface area contributed by atoms with E-state index >= 15 is 0 Å². The Morgan fingerprint density at radius 1 is 1.54 bits per heavy atom. The molecule has 1 nitrogen and oxygen atoms in total. The van der Waals surface area contributed by atoms with Crippen LogP contribution in [0.5, 0.6) is 0 Å². The van der Waals surface area contributed by atoms with Gasteiger partial charge in [-0.15, -0.1) is 0 Å². The molecule has 0 bridgehead atoms. The van der Waals surface area contributed by atoms with Crippen LogP contribution in [0.15, 0.2) is 18.2 Å². The number of carbonyl (C=O) groups excluding carboxylic acids is 1. The molecule has 13 heavy (non-hydrogen) atoms. The van der Waals surface area contributed by atoms with Crippen molar-refractivity contribution in [3.05, 3.63) is 33.1 Å². The van der Waals surface area contributed by atoms with Crippen LogP contribution in [0.25, 0.3) is 0 Å². The molecule has 0 saturated carbocycles. The third-order valence-corrected chi connectivity index (χ3v) is 2.83. The van der Waals surface area contributed by atoms with Gasteiger partial charge in [-0.3, -0.25) is 4.79 Å². The average Bonchev–Trinajstić information content (AvgIpc) is 2.10. The Labute approximate surface area is 98.0 Å². The lowest BCUT2D eigenvalue weighted by Crippen LogP contribution is -2.00. The molecule has 0 atom stereocenters. The molecule has 1 aromatic rings. The Morgan fingerprint density at radius 3 is 2.77 bits per heavy atom. The van der Waals surface area contributed by atoms with E-state index in [0.29, 0.717) is 20.9 Å². The average molecular weight is 357 g/mol. The molecule has 0 unspecified atom stereocenters. The zero-order chi connectivity index (χ0) is 9.84. The Hall–Kier alpha value is 0.0300. The SMILES string of the molecule is O=C(CCBr)c1ccc(I)c(F)c1. The minimum absolute atomic E-state index is 0.0350. The molecule has 0 fully saturated rings. The minimum Gasteiger partial charge on any atom is -0.294 e. The molecule has 0 aliphatic carbocycles. The van der Waals surface area contributed by atoms with Crippen molar-refractivity contribution in [1.82, 2.24) is 0 Å². The van der Waals surface area contributed by atoms with Gasteiger partial charge >= 0.3 is 0 Å². The molecule has 0 N–H and O–H groups in total. The number of hydrogen-bond acceptors (Lipinski definition) is 1. The third-order valence-electron chi connectivity index (χ3n) is 1.56. The van der Waals surface area contributed by atoms with E-state index in [9.17, 15) is 9.18 Å². The lowest BCUT2D eigenvalue weighted by molar-refractivity contribution is 0.0989. The first-order chi connectivity index (χ1) is 6.15. The predicted octanol–water partition coefficient (Wildman–Crippen LogP) is 3.40. The highest BCUT2D eigenvalue weighted by molar-refractivity contribution is 14.1. The number of ketones is 1. The highest BCUT2D eigenvalue weighted by Crippen LogP contribution is 2.14. The molecular formula is C9H7BrFIO. The number of alkyl halides is 1. The summed E-state index contributed by atoms with van der Waals surface area (Å²) < 4.78 is 13.5. The zero-order valence-electron chi connectivity index (χ0n) is 6.69. The van der Waals surface area contributed by atoms with Gasteiger partial charge in [-0.05, 0) is 34.7 Å². The third kappa shape index (κ3) is 3.02. The summed E-state index contributed by atoms with van der Waals surface area (Å²) in [5, 5.41) is 0.611. The van der Waals surface area contributed by atoms with E-state index < -0.39 is 0 Å². The van der Waals surface area contributed by atoms with Crippen molar-refractivity contribution in [3.8, 4) is 0 Å². The fourth-order valence-corrected chi connectivity index (χ4v) is 1.60. The van der Waals surface area contributed by atoms with Gasteiger partial charge in [-0.2, -0.15) is 0 Å². The second-order valence-electron chi connectivity index (χ2n) is 2.49. The van der Waals surface area contributed by atoms with Gasteiger partial charge in [-0.1, -0.05) is 22.0 Å². The molecule has 4 heteroatoms. The highest BCUT2D eigenvalue weighted by Gasteiger charge is 2.07. The number of carbonyl (C=O) groups is 1. The van der Waals surface area contributed by atoms with Crippen LogP contribution in [-0.4, -0.2) is 11.1 Å². The molecule has 0 saturated heterocycles. The number of hydrogen-bond donors (Lipinski definition) is 0. The van der Waals surface area contributed by atoms with E-state index in [1.54, 1.807) is 12.1 Å². The van der Waals surface area contributed by atoms with E-state index in [2.05, 4.69) is 15.9 Å². The standard InChI is InChI=1S/C9H7BrFIO/c10-4-3-9(13)6-1-2-8(12)7(11)5-6/h1-2,5H,3-4H2. The Morgan fingerprint density at radius 2 is 2.23 bits per heavy atom. The molecule has 0 amide bonds. The molecule has 0 aliphatic heterocycles. The number of rotatable bonds is 3. The van der Waals surface area contributed by atoms with Crippen molar-refractivity contribution in [2.45, 2.75) is 6.42 Å². The fourth-order valence-electron chi connectivity index (χ4n) is 0.900. The summed E-state index contributed by atoms with van der Waals surface area (Å²) in [7, 11) is 0. The second kappa shape index (κ2) is 5.05. The van der Waals surface area contributed by atoms with Crippen LogP contribution in [0.1, 0.15) is 16.8 Å². The zero-order valence-corrected chi connectivity index (χ0v) is 10.4. The van der Waals surface area contributed by atoms with Crippen LogP contribution in [-0.2, 0) is 0 Å². The smallest absolute Gasteiger partial charge is 0.163 e. The summed E-state index contributed by atoms with van der Waals surface area (Å²) in [6.07, 6.45) is 0.403. The summed E-state index contributed by atoms with van der Waals surface area (Å²) in [6.45, 7) is 0. The van der Waals surface area contributed by atoms with Gasteiger partial charge in [0, 0.05) is 20.9 Å². The monoisotopic (exact) mass is 356 g/mol. The molecule has 0 aromatic heterocycles. The minimum atomic E-state index is -0.332. The predicted molar refractivity (Wildman–Crippen MR) is 61.9 cm³/mol. The van der Waals surface area contributed by atoms with Crippen molar-refractivity contribution >= 4 is 44.3 Å². The van der Waals surface area contributed by atoms with Crippen LogP contribution in [0.4, 0.5) is 4.39 Å². The van der Waals surface area contributed by atoms with Crippen LogP contribution in [0.2, 0.25) is 0 Å². The van der Waals surface area contributed by atoms with Crippen molar-refractivity contribution in [2.75, 3.05) is 5.33 Å². The van der Waals surface area contributed by atoms with Gasteiger partial charge in [-0.25, -0.2) is 4.39 Å². The molecular weight excluding hydrogens is 350 g/mol. The first kappa shape index (κ1) is 11.1. The molecule has 0 radical (unpaired) electrons. The number of halogens is 3. The quantitative estimate of drug-likeness (QED) is 0.461. The maximum atomic E-state index is 13.0. The second-order valence-corrected chi connectivity index (χ2v) is 4.45. The van der Waals surface area contributed by atoms with E-state index in [0.717, 1.165) is 0 Å². The Balaban J connectivity index is 2.90. The first-order valence-corrected chi connectivity index (χ1v) is 5.89. The van der Waals surface area contributed by atoms with Gasteiger partial charge in [0.15, 0.2) is 5.78 Å². The molecule has 0 heterocycles. The van der Waals surface area contributed by atoms with Gasteiger partial charge in [0.25, 0.3) is 0 Å². The van der Waals surface area contributed by atoms with Gasteiger partial charge in [0.2, 0.25) is 0 Å². The van der Waals surface area contributed by atoms with Crippen LogP contribution in [0.3, 0.4) is 0 Å². The van der Waals surface area contributed by atoms with Crippen molar-refractivity contribution < 1.29 is 9.18 Å². The van der Waals surface area contributed by atoms with Gasteiger partial charge < -0.3 is 0 Å². The number of benzene rings is 1. The maximum Gasteiger partial charge on any atom is 0.163 e. The van der Waals surface area contributed by atoms with E-state index in [-0.39, 0.29) is 11.6 Å². The van der Waals surface area contributed by atoms with Crippen LogP contribution < -0.4 is 0 Å². The summed E-state index contributed by atoms with van der Waals surface area (Å²) >= 11 is 5.05. The van der Waals surface area contributed by atoms with E-state index in [1.807, 2.05) is 22.6 Å². The van der Waals surface area contributed by atoms with Crippen molar-refractivity contribution in [3.63, 3.8) is 0 Å². The molecule has 0 spiro atoms. The van der Waals surface area contributed by atoms with E-state index in [4.69, 9.17) is 0 Å². The Bertz CT molecular complexity index is 327. The normalized spacial score (nSPS) is 10.1. The lowest BCUT2D eigenvalue weighted by atomic mass is 10.1. The number of Topliss-reactive ketones (excluding diaryl/α,β-unsaturated/α-hetero) is 1. The summed E-state index contributed by atoms with van der Waals surface area (Å²) in [6, 6.07) is 4.54. The topological polar surface area (TPSA) is 17.1 Å². The van der Waals surface area contributed by atoms with Crippen LogP contribution in [0, 0.1) is 9.39 Å². The largest absolute Gasteiger partial charge is 0.294 e. The maximum absolute atomic E-state index is 13.0. The summed E-state index contributed by atoms with van der Waals surface area (Å²) in [5.41, 5.74) is 0.442. The summed E-state index contributed by atoms with van der Waals surface area (Å²) in [4.78, 5) is 11.3. The highest BCUT2D eigenvalue weighted by atomic mass is 127. The molecule has 1 aromatic carbocycles. The van der Waals surface area contributed by atoms with Gasteiger partial charge in [0.05, 0.1) is 0 Å². The molecule has 1 rings (SSSR count). The first-order valence-electron chi connectivity index (χ1n) is 3.69. The molecule has 0 aliphatic rings. The van der Waals surface area contributed by atoms with E-state index in [1.165, 1.54) is 6.07 Å². The van der Waals surface area contributed by atoms with Gasteiger partial charge in [0.1, 0.15) is 5.82 Å². The van der Waals surface area contributed by atoms with Crippen LogP contribution >= 0.6 is 38.5 Å².